The lowest BCUT2D eigenvalue weighted by molar-refractivity contribution is -0.138. The lowest BCUT2D eigenvalue weighted by atomic mass is 9.91. The number of halogens is 3. The van der Waals surface area contributed by atoms with E-state index in [0.717, 1.165) is 6.07 Å². The topological polar surface area (TPSA) is 46.1 Å². The highest BCUT2D eigenvalue weighted by atomic mass is 19.4. The van der Waals surface area contributed by atoms with Gasteiger partial charge in [-0.2, -0.15) is 13.2 Å². The predicted octanol–water partition coefficient (Wildman–Crippen LogP) is 3.76. The average molecular weight is 361 g/mol. The zero-order chi connectivity index (χ0) is 18.3. The highest BCUT2D eigenvalue weighted by Gasteiger charge is 2.45. The minimum atomic E-state index is -4.33. The molecule has 0 spiro atoms. The van der Waals surface area contributed by atoms with E-state index in [2.05, 4.69) is 9.97 Å². The fraction of sp³-hybridized carbons (Fsp3) is 0.421. The number of alkyl halides is 3. The quantitative estimate of drug-likeness (QED) is 0.818. The van der Waals surface area contributed by atoms with Crippen molar-refractivity contribution in [2.45, 2.75) is 24.9 Å². The first-order valence-electron chi connectivity index (χ1n) is 8.65. The number of amides is 1. The van der Waals surface area contributed by atoms with Crippen molar-refractivity contribution in [3.8, 4) is 0 Å². The van der Waals surface area contributed by atoms with E-state index >= 15 is 0 Å². The monoisotopic (exact) mass is 361 g/mol. The summed E-state index contributed by atoms with van der Waals surface area (Å²) in [4.78, 5) is 22.2. The molecule has 2 heterocycles. The maximum atomic E-state index is 13.3. The van der Waals surface area contributed by atoms with Gasteiger partial charge in [-0.3, -0.25) is 9.78 Å². The average Bonchev–Trinajstić information content (AvgIpc) is 3.20. The van der Waals surface area contributed by atoms with Crippen LogP contribution in [0.25, 0.3) is 0 Å². The number of likely N-dealkylation sites (tertiary alicyclic amines) is 1. The number of nitrogens with zero attached hydrogens (tertiary/aromatic N) is 3. The molecule has 2 aromatic rings. The van der Waals surface area contributed by atoms with Gasteiger partial charge in [-0.1, -0.05) is 18.2 Å². The first kappa shape index (κ1) is 17.0. The summed E-state index contributed by atoms with van der Waals surface area (Å²) in [5.74, 6) is 0.222. The Bertz CT molecular complexity index is 795. The molecule has 7 heteroatoms. The molecule has 1 amide bonds. The van der Waals surface area contributed by atoms with Gasteiger partial charge in [0.25, 0.3) is 5.91 Å². The molecule has 0 N–H and O–H groups in total. The van der Waals surface area contributed by atoms with Crippen molar-refractivity contribution < 1.29 is 18.0 Å². The summed E-state index contributed by atoms with van der Waals surface area (Å²) < 4.78 is 39.8. The van der Waals surface area contributed by atoms with Crippen molar-refractivity contribution in [3.05, 3.63) is 59.7 Å². The van der Waals surface area contributed by atoms with Crippen LogP contribution in [0.3, 0.4) is 0 Å². The molecule has 0 unspecified atom stereocenters. The first-order valence-corrected chi connectivity index (χ1v) is 8.65. The van der Waals surface area contributed by atoms with E-state index in [1.807, 2.05) is 0 Å². The Morgan fingerprint density at radius 3 is 2.38 bits per heavy atom. The summed E-state index contributed by atoms with van der Waals surface area (Å²) in [6.07, 6.45) is 1.47. The molecule has 4 nitrogen and oxygen atoms in total. The van der Waals surface area contributed by atoms with Crippen molar-refractivity contribution in [1.29, 1.82) is 0 Å². The molecule has 1 saturated carbocycles. The van der Waals surface area contributed by atoms with Crippen molar-refractivity contribution in [2.75, 3.05) is 13.1 Å². The summed E-state index contributed by atoms with van der Waals surface area (Å²) >= 11 is 0. The molecule has 26 heavy (non-hydrogen) atoms. The summed E-state index contributed by atoms with van der Waals surface area (Å²) in [5.41, 5.74) is 0.171. The van der Waals surface area contributed by atoms with E-state index in [0.29, 0.717) is 37.2 Å². The SMILES string of the molecule is O=C(c1cnccn1)N1C[C@H]2C[C@@H](c3ccccc3C(F)(F)F)C[C@H]2C1. The van der Waals surface area contributed by atoms with Gasteiger partial charge in [0.05, 0.1) is 11.8 Å². The fourth-order valence-electron chi connectivity index (χ4n) is 4.40. The number of hydrogen-bond acceptors (Lipinski definition) is 3. The molecule has 136 valence electrons. The van der Waals surface area contributed by atoms with Crippen LogP contribution >= 0.6 is 0 Å². The zero-order valence-corrected chi connectivity index (χ0v) is 14.0. The van der Waals surface area contributed by atoms with Gasteiger partial charge in [0.2, 0.25) is 0 Å². The molecule has 2 aliphatic rings. The van der Waals surface area contributed by atoms with Gasteiger partial charge in [-0.25, -0.2) is 4.98 Å². The van der Waals surface area contributed by atoms with Crippen LogP contribution in [0.2, 0.25) is 0 Å². The van der Waals surface area contributed by atoms with Crippen molar-refractivity contribution in [2.24, 2.45) is 11.8 Å². The van der Waals surface area contributed by atoms with Gasteiger partial charge in [0.1, 0.15) is 5.69 Å². The van der Waals surface area contributed by atoms with E-state index in [9.17, 15) is 18.0 Å². The number of benzene rings is 1. The molecule has 1 aromatic heterocycles. The summed E-state index contributed by atoms with van der Waals surface area (Å²) in [7, 11) is 0. The number of rotatable bonds is 2. The molecule has 0 bridgehead atoms. The minimum absolute atomic E-state index is 0.100. The van der Waals surface area contributed by atoms with Crippen LogP contribution in [0.15, 0.2) is 42.9 Å². The lowest BCUT2D eigenvalue weighted by Gasteiger charge is -2.21. The molecule has 2 fully saturated rings. The van der Waals surface area contributed by atoms with Crippen LogP contribution in [0.1, 0.15) is 40.4 Å². The van der Waals surface area contributed by atoms with Gasteiger partial charge in [-0.05, 0) is 42.2 Å². The summed E-state index contributed by atoms with van der Waals surface area (Å²) in [6.45, 7) is 1.15. The normalized spacial score (nSPS) is 25.3. The third-order valence-electron chi connectivity index (χ3n) is 5.53. The Labute approximate surface area is 149 Å². The van der Waals surface area contributed by atoms with E-state index in [1.165, 1.54) is 24.7 Å². The maximum Gasteiger partial charge on any atom is 0.416 e. The number of aromatic nitrogens is 2. The van der Waals surface area contributed by atoms with Gasteiger partial charge < -0.3 is 4.90 Å². The number of carbonyl (C=O) groups excluding carboxylic acids is 1. The van der Waals surface area contributed by atoms with Crippen molar-refractivity contribution in [1.82, 2.24) is 14.9 Å². The summed E-state index contributed by atoms with van der Waals surface area (Å²) in [5, 5.41) is 0. The van der Waals surface area contributed by atoms with Crippen LogP contribution < -0.4 is 0 Å². The molecular formula is C19H18F3N3O. The van der Waals surface area contributed by atoms with Gasteiger partial charge in [0, 0.05) is 25.5 Å². The highest BCUT2D eigenvalue weighted by molar-refractivity contribution is 5.92. The molecule has 1 saturated heterocycles. The molecule has 1 aliphatic heterocycles. The van der Waals surface area contributed by atoms with Gasteiger partial charge in [0.15, 0.2) is 0 Å². The molecule has 0 radical (unpaired) electrons. The van der Waals surface area contributed by atoms with Crippen molar-refractivity contribution >= 4 is 5.91 Å². The fourth-order valence-corrected chi connectivity index (χ4v) is 4.40. The van der Waals surface area contributed by atoms with E-state index in [4.69, 9.17) is 0 Å². The second-order valence-electron chi connectivity index (χ2n) is 7.07. The number of hydrogen-bond donors (Lipinski definition) is 0. The highest BCUT2D eigenvalue weighted by Crippen LogP contribution is 2.48. The van der Waals surface area contributed by atoms with E-state index in [-0.39, 0.29) is 23.7 Å². The Hall–Kier alpha value is -2.44. The molecule has 1 aliphatic carbocycles. The van der Waals surface area contributed by atoms with E-state index < -0.39 is 11.7 Å². The van der Waals surface area contributed by atoms with Crippen LogP contribution in [0.5, 0.6) is 0 Å². The Morgan fingerprint density at radius 1 is 1.08 bits per heavy atom. The Kier molecular flexibility index (Phi) is 4.17. The van der Waals surface area contributed by atoms with Gasteiger partial charge in [-0.15, -0.1) is 0 Å². The third kappa shape index (κ3) is 3.06. The lowest BCUT2D eigenvalue weighted by Crippen LogP contribution is -2.30. The zero-order valence-electron chi connectivity index (χ0n) is 14.0. The molecular weight excluding hydrogens is 343 g/mol. The third-order valence-corrected chi connectivity index (χ3v) is 5.53. The number of fused-ring (bicyclic) bond motifs is 1. The van der Waals surface area contributed by atoms with Crippen LogP contribution in [0, 0.1) is 11.8 Å². The maximum absolute atomic E-state index is 13.3. The first-order chi connectivity index (χ1) is 12.4. The van der Waals surface area contributed by atoms with Crippen LogP contribution in [-0.4, -0.2) is 33.9 Å². The smallest absolute Gasteiger partial charge is 0.337 e. The second kappa shape index (κ2) is 6.37. The molecule has 4 rings (SSSR count). The molecule has 1 aromatic carbocycles. The minimum Gasteiger partial charge on any atom is -0.337 e. The Balaban J connectivity index is 1.47. The van der Waals surface area contributed by atoms with Gasteiger partial charge >= 0.3 is 6.18 Å². The standard InChI is InChI=1S/C19H18F3N3O/c20-19(21,22)16-4-2-1-3-15(16)12-7-13-10-25(11-14(13)8-12)18(26)17-9-23-5-6-24-17/h1-6,9,12-14H,7-8,10-11H2/t12-,13-,14+. The summed E-state index contributed by atoms with van der Waals surface area (Å²) in [6, 6.07) is 5.86. The van der Waals surface area contributed by atoms with E-state index in [1.54, 1.807) is 17.0 Å². The Morgan fingerprint density at radius 2 is 1.77 bits per heavy atom. The molecule has 3 atom stereocenters. The number of carbonyl (C=O) groups is 1. The van der Waals surface area contributed by atoms with Crippen LogP contribution in [0.4, 0.5) is 13.2 Å². The second-order valence-corrected chi connectivity index (χ2v) is 7.07. The largest absolute Gasteiger partial charge is 0.416 e. The predicted molar refractivity (Wildman–Crippen MR) is 88.3 cm³/mol. The van der Waals surface area contributed by atoms with Crippen molar-refractivity contribution in [3.63, 3.8) is 0 Å². The van der Waals surface area contributed by atoms with Crippen LogP contribution in [-0.2, 0) is 6.18 Å².